The van der Waals surface area contributed by atoms with E-state index in [2.05, 4.69) is 20.3 Å². The molecule has 2 rings (SSSR count). The number of nitrogens with one attached hydrogen (secondary N) is 2. The van der Waals surface area contributed by atoms with Crippen LogP contribution in [-0.4, -0.2) is 50.6 Å². The summed E-state index contributed by atoms with van der Waals surface area (Å²) in [6, 6.07) is 3.38. The topological polar surface area (TPSA) is 126 Å². The lowest BCUT2D eigenvalue weighted by atomic mass is 10.3. The number of methoxy groups -OCH3 is 1. The predicted octanol–water partition coefficient (Wildman–Crippen LogP) is 1.42. The van der Waals surface area contributed by atoms with Gasteiger partial charge in [-0.05, 0) is 25.1 Å². The molecule has 1 heterocycles. The summed E-state index contributed by atoms with van der Waals surface area (Å²) >= 11 is 5.97. The molecule has 0 bridgehead atoms. The molecular formula is C14H17ClN6O4S. The summed E-state index contributed by atoms with van der Waals surface area (Å²) in [6.07, 6.45) is 0. The number of nitrogens with zero attached hydrogens (tertiary/aromatic N) is 4. The highest BCUT2D eigenvalue weighted by Crippen LogP contribution is 2.26. The molecule has 0 aliphatic heterocycles. The highest BCUT2D eigenvalue weighted by Gasteiger charge is 2.22. The van der Waals surface area contributed by atoms with Gasteiger partial charge in [0.15, 0.2) is 0 Å². The van der Waals surface area contributed by atoms with E-state index in [0.29, 0.717) is 5.69 Å². The molecule has 0 saturated carbocycles. The highest BCUT2D eigenvalue weighted by atomic mass is 35.5. The van der Waals surface area contributed by atoms with Crippen molar-refractivity contribution in [1.82, 2.24) is 19.7 Å². The number of halogens is 1. The van der Waals surface area contributed by atoms with Crippen molar-refractivity contribution in [2.75, 3.05) is 31.4 Å². The maximum absolute atomic E-state index is 12.5. The van der Waals surface area contributed by atoms with Crippen LogP contribution in [0.5, 0.6) is 6.01 Å². The zero-order chi connectivity index (χ0) is 19.5. The lowest BCUT2D eigenvalue weighted by Gasteiger charge is -2.15. The van der Waals surface area contributed by atoms with E-state index in [1.807, 2.05) is 4.72 Å². The van der Waals surface area contributed by atoms with E-state index in [0.717, 1.165) is 0 Å². The van der Waals surface area contributed by atoms with Gasteiger partial charge in [0.1, 0.15) is 10.7 Å². The Labute approximate surface area is 155 Å². The molecule has 0 spiro atoms. The van der Waals surface area contributed by atoms with Crippen LogP contribution in [0, 0.1) is 6.92 Å². The molecule has 12 heteroatoms. The van der Waals surface area contributed by atoms with Crippen molar-refractivity contribution in [1.29, 1.82) is 0 Å². The van der Waals surface area contributed by atoms with Crippen molar-refractivity contribution in [3.8, 4) is 6.01 Å². The Hall–Kier alpha value is -2.66. The quantitative estimate of drug-likeness (QED) is 0.771. The first-order valence-corrected chi connectivity index (χ1v) is 9.06. The average molecular weight is 401 g/mol. The molecule has 0 saturated heterocycles. The van der Waals surface area contributed by atoms with Crippen LogP contribution in [0.4, 0.5) is 16.4 Å². The smallest absolute Gasteiger partial charge is 0.335 e. The number of anilines is 2. The van der Waals surface area contributed by atoms with Crippen LogP contribution in [0.25, 0.3) is 0 Å². The van der Waals surface area contributed by atoms with Crippen LogP contribution in [-0.2, 0) is 10.0 Å². The van der Waals surface area contributed by atoms with Crippen LogP contribution in [0.3, 0.4) is 0 Å². The average Bonchev–Trinajstić information content (AvgIpc) is 2.53. The van der Waals surface area contributed by atoms with Crippen LogP contribution < -0.4 is 19.7 Å². The van der Waals surface area contributed by atoms with Crippen molar-refractivity contribution < 1.29 is 17.9 Å². The fourth-order valence-electron chi connectivity index (χ4n) is 1.88. The maximum atomic E-state index is 12.5. The number of sulfonamides is 1. The molecule has 2 amide bonds. The second kappa shape index (κ2) is 7.70. The van der Waals surface area contributed by atoms with Crippen molar-refractivity contribution >= 4 is 39.3 Å². The largest absolute Gasteiger partial charge is 0.467 e. The first-order valence-electron chi connectivity index (χ1n) is 7.19. The van der Waals surface area contributed by atoms with Gasteiger partial charge in [-0.3, -0.25) is 5.32 Å². The second-order valence-electron chi connectivity index (χ2n) is 5.26. The fraction of sp³-hybridized carbons (Fsp3) is 0.286. The van der Waals surface area contributed by atoms with E-state index < -0.39 is 16.1 Å². The highest BCUT2D eigenvalue weighted by molar-refractivity contribution is 7.90. The number of hydrogen-bond donors (Lipinski definition) is 2. The number of urea groups is 1. The van der Waals surface area contributed by atoms with Gasteiger partial charge in [0.05, 0.1) is 12.1 Å². The lowest BCUT2D eigenvalue weighted by molar-refractivity contribution is 0.256. The molecule has 140 valence electrons. The maximum Gasteiger partial charge on any atom is 0.335 e. The number of rotatable bonds is 5. The third-order valence-corrected chi connectivity index (χ3v) is 4.89. The summed E-state index contributed by atoms with van der Waals surface area (Å²) in [5.41, 5.74) is 0.605. The van der Waals surface area contributed by atoms with Crippen LogP contribution in [0.1, 0.15) is 5.82 Å². The summed E-state index contributed by atoms with van der Waals surface area (Å²) in [5, 5.41) is 2.20. The molecule has 0 fully saturated rings. The predicted molar refractivity (Wildman–Crippen MR) is 96.2 cm³/mol. The molecule has 10 nitrogen and oxygen atoms in total. The SMILES string of the molecule is COc1nc(C)nc(NC(=O)NS(=O)(=O)c2cc(N(C)C)ccc2Cl)n1. The third-order valence-electron chi connectivity index (χ3n) is 3.08. The van der Waals surface area contributed by atoms with Gasteiger partial charge in [-0.25, -0.2) is 17.9 Å². The lowest BCUT2D eigenvalue weighted by Crippen LogP contribution is -2.35. The Morgan fingerprint density at radius 3 is 2.54 bits per heavy atom. The minimum absolute atomic E-state index is 0.0163. The summed E-state index contributed by atoms with van der Waals surface area (Å²) in [4.78, 5) is 25.1. The van der Waals surface area contributed by atoms with Gasteiger partial charge in [-0.2, -0.15) is 15.0 Å². The molecule has 0 aliphatic carbocycles. The number of aromatic nitrogens is 3. The standard InChI is InChI=1S/C14H17ClN6O4S/c1-8-16-12(19-14(17-8)25-4)18-13(22)20-26(23,24)11-7-9(21(2)3)5-6-10(11)15/h5-7H,1-4H3,(H2,16,17,18,19,20,22). The van der Waals surface area contributed by atoms with Gasteiger partial charge in [0.2, 0.25) is 5.95 Å². The number of aryl methyl sites for hydroxylation is 1. The fourth-order valence-corrected chi connectivity index (χ4v) is 3.31. The van der Waals surface area contributed by atoms with Gasteiger partial charge >= 0.3 is 12.0 Å². The number of carbonyl (C=O) groups is 1. The van der Waals surface area contributed by atoms with Crippen molar-refractivity contribution in [3.05, 3.63) is 29.0 Å². The van der Waals surface area contributed by atoms with Gasteiger partial charge in [0, 0.05) is 19.8 Å². The van der Waals surface area contributed by atoms with Crippen LogP contribution in [0.2, 0.25) is 5.02 Å². The first-order chi connectivity index (χ1) is 12.1. The second-order valence-corrected chi connectivity index (χ2v) is 7.32. The summed E-state index contributed by atoms with van der Waals surface area (Å²) in [7, 11) is 0.627. The Morgan fingerprint density at radius 1 is 1.23 bits per heavy atom. The monoisotopic (exact) mass is 400 g/mol. The van der Waals surface area contributed by atoms with Crippen molar-refractivity contribution in [2.24, 2.45) is 0 Å². The summed E-state index contributed by atoms with van der Waals surface area (Å²) < 4.78 is 31.7. The van der Waals surface area contributed by atoms with Crippen LogP contribution in [0.15, 0.2) is 23.1 Å². The Bertz CT molecular complexity index is 935. The van der Waals surface area contributed by atoms with Crippen molar-refractivity contribution in [2.45, 2.75) is 11.8 Å². The molecule has 0 atom stereocenters. The van der Waals surface area contributed by atoms with E-state index in [1.54, 1.807) is 32.0 Å². The van der Waals surface area contributed by atoms with E-state index in [-0.39, 0.29) is 27.7 Å². The van der Waals surface area contributed by atoms with E-state index in [1.165, 1.54) is 19.2 Å². The van der Waals surface area contributed by atoms with E-state index in [9.17, 15) is 13.2 Å². The van der Waals surface area contributed by atoms with Crippen molar-refractivity contribution in [3.63, 3.8) is 0 Å². The van der Waals surface area contributed by atoms with Gasteiger partial charge in [-0.1, -0.05) is 11.6 Å². The number of benzene rings is 1. The zero-order valence-corrected chi connectivity index (χ0v) is 16.0. The van der Waals surface area contributed by atoms with Gasteiger partial charge in [0.25, 0.3) is 10.0 Å². The first kappa shape index (κ1) is 19.7. The van der Waals surface area contributed by atoms with Gasteiger partial charge in [-0.15, -0.1) is 0 Å². The number of ether oxygens (including phenoxy) is 1. The van der Waals surface area contributed by atoms with Crippen LogP contribution >= 0.6 is 11.6 Å². The number of hydrogen-bond acceptors (Lipinski definition) is 8. The Morgan fingerprint density at radius 2 is 1.92 bits per heavy atom. The normalized spacial score (nSPS) is 11.0. The molecule has 26 heavy (non-hydrogen) atoms. The summed E-state index contributed by atoms with van der Waals surface area (Å²) in [5.74, 6) is 0.131. The zero-order valence-electron chi connectivity index (χ0n) is 14.4. The molecular weight excluding hydrogens is 384 g/mol. The molecule has 2 aromatic rings. The molecule has 0 unspecified atom stereocenters. The Kier molecular flexibility index (Phi) is 5.83. The molecule has 2 N–H and O–H groups in total. The molecule has 0 aliphatic rings. The number of carbonyl (C=O) groups excluding carboxylic acids is 1. The third kappa shape index (κ3) is 4.70. The summed E-state index contributed by atoms with van der Waals surface area (Å²) in [6.45, 7) is 1.57. The molecule has 0 radical (unpaired) electrons. The van der Waals surface area contributed by atoms with E-state index >= 15 is 0 Å². The van der Waals surface area contributed by atoms with Gasteiger partial charge < -0.3 is 9.64 Å². The number of amides is 2. The minimum atomic E-state index is -4.22. The Balaban J connectivity index is 2.23. The minimum Gasteiger partial charge on any atom is -0.467 e. The molecule has 1 aromatic heterocycles. The van der Waals surface area contributed by atoms with E-state index in [4.69, 9.17) is 16.3 Å². The molecule has 1 aromatic carbocycles.